The van der Waals surface area contributed by atoms with Crippen molar-refractivity contribution in [3.05, 3.63) is 42.0 Å². The Hall–Kier alpha value is -2.36. The predicted octanol–water partition coefficient (Wildman–Crippen LogP) is 2.16. The van der Waals surface area contributed by atoms with Crippen LogP contribution >= 0.6 is 0 Å². The van der Waals surface area contributed by atoms with Gasteiger partial charge in [-0.1, -0.05) is 0 Å². The van der Waals surface area contributed by atoms with E-state index in [1.54, 1.807) is 6.07 Å². The molecule has 0 radical (unpaired) electrons. The molecule has 0 unspecified atom stereocenters. The molecule has 0 atom stereocenters. The van der Waals surface area contributed by atoms with Crippen LogP contribution in [0, 0.1) is 11.3 Å². The van der Waals surface area contributed by atoms with Crippen molar-refractivity contribution in [1.82, 2.24) is 14.8 Å². The first-order valence-corrected chi connectivity index (χ1v) is 4.49. The summed E-state index contributed by atoms with van der Waals surface area (Å²) in [4.78, 5) is 3.71. The topological polar surface area (TPSA) is 54.5 Å². The van der Waals surface area contributed by atoms with Crippen LogP contribution in [0.15, 0.2) is 30.7 Å². The highest BCUT2D eigenvalue weighted by Gasteiger charge is 2.32. The Morgan fingerprint density at radius 2 is 2.12 bits per heavy atom. The smallest absolute Gasteiger partial charge is 0.245 e. The third kappa shape index (κ3) is 2.25. The van der Waals surface area contributed by atoms with Gasteiger partial charge in [0.05, 0.1) is 17.4 Å². The summed E-state index contributed by atoms with van der Waals surface area (Å²) < 4.78 is 38.1. The average Bonchev–Trinajstić information content (AvgIpc) is 2.78. The number of hydrogen-bond acceptors (Lipinski definition) is 3. The molecule has 0 aliphatic heterocycles. The summed E-state index contributed by atoms with van der Waals surface area (Å²) in [7, 11) is 0. The molecule has 0 spiro atoms. The molecule has 4 nitrogen and oxygen atoms in total. The Morgan fingerprint density at radius 1 is 1.35 bits per heavy atom. The summed E-state index contributed by atoms with van der Waals surface area (Å²) in [6.07, 6.45) is -1.50. The van der Waals surface area contributed by atoms with Gasteiger partial charge >= 0.3 is 6.18 Å². The molecule has 0 bridgehead atoms. The van der Waals surface area contributed by atoms with E-state index >= 15 is 0 Å². The zero-order valence-electron chi connectivity index (χ0n) is 8.31. The lowest BCUT2D eigenvalue weighted by Crippen LogP contribution is -2.03. The summed E-state index contributed by atoms with van der Waals surface area (Å²) in [6.45, 7) is 0. The number of halogens is 3. The summed E-state index contributed by atoms with van der Waals surface area (Å²) in [6, 6.07) is 4.62. The molecule has 0 aromatic carbocycles. The van der Waals surface area contributed by atoms with E-state index in [0.29, 0.717) is 5.69 Å². The first-order chi connectivity index (χ1) is 8.00. The van der Waals surface area contributed by atoms with E-state index in [2.05, 4.69) is 10.1 Å². The van der Waals surface area contributed by atoms with Crippen molar-refractivity contribution in [2.24, 2.45) is 0 Å². The zero-order chi connectivity index (χ0) is 12.5. The Labute approximate surface area is 93.9 Å². The highest BCUT2D eigenvalue weighted by molar-refractivity contribution is 5.36. The predicted molar refractivity (Wildman–Crippen MR) is 51.1 cm³/mol. The minimum absolute atomic E-state index is 0.117. The van der Waals surface area contributed by atoms with Gasteiger partial charge in [0.15, 0.2) is 0 Å². The molecule has 0 fully saturated rings. The number of aromatic nitrogens is 3. The molecular formula is C10H5F3N4. The minimum atomic E-state index is -4.43. The van der Waals surface area contributed by atoms with Crippen LogP contribution < -0.4 is 0 Å². The van der Waals surface area contributed by atoms with Gasteiger partial charge in [-0.15, -0.1) is 0 Å². The molecule has 0 saturated heterocycles. The molecule has 0 saturated carbocycles. The van der Waals surface area contributed by atoms with Crippen LogP contribution in [-0.2, 0) is 6.18 Å². The number of rotatable bonds is 1. The molecule has 17 heavy (non-hydrogen) atoms. The second-order valence-electron chi connectivity index (χ2n) is 3.18. The second-order valence-corrected chi connectivity index (χ2v) is 3.18. The zero-order valence-corrected chi connectivity index (χ0v) is 8.31. The monoisotopic (exact) mass is 238 g/mol. The summed E-state index contributed by atoms with van der Waals surface area (Å²) >= 11 is 0. The number of alkyl halides is 3. The van der Waals surface area contributed by atoms with Crippen molar-refractivity contribution >= 4 is 0 Å². The lowest BCUT2D eigenvalue weighted by molar-refractivity contribution is -0.137. The maximum absolute atomic E-state index is 12.3. The van der Waals surface area contributed by atoms with Crippen molar-refractivity contribution in [2.75, 3.05) is 0 Å². The first-order valence-electron chi connectivity index (χ1n) is 4.49. The quantitative estimate of drug-likeness (QED) is 0.764. The van der Waals surface area contributed by atoms with E-state index in [-0.39, 0.29) is 5.69 Å². The third-order valence-electron chi connectivity index (χ3n) is 2.03. The number of nitriles is 1. The van der Waals surface area contributed by atoms with Gasteiger partial charge in [-0.25, -0.2) is 9.67 Å². The average molecular weight is 238 g/mol. The maximum Gasteiger partial charge on any atom is 0.419 e. The summed E-state index contributed by atoms with van der Waals surface area (Å²) in [5.41, 5.74) is -0.369. The van der Waals surface area contributed by atoms with Gasteiger partial charge in [-0.2, -0.15) is 23.5 Å². The van der Waals surface area contributed by atoms with Gasteiger partial charge in [-0.3, -0.25) is 0 Å². The van der Waals surface area contributed by atoms with Gasteiger partial charge in [0.25, 0.3) is 0 Å². The highest BCUT2D eigenvalue weighted by atomic mass is 19.4. The Kier molecular flexibility index (Phi) is 2.55. The third-order valence-corrected chi connectivity index (χ3v) is 2.03. The van der Waals surface area contributed by atoms with Crippen molar-refractivity contribution in [2.45, 2.75) is 6.18 Å². The van der Waals surface area contributed by atoms with Gasteiger partial charge in [0.1, 0.15) is 11.8 Å². The molecule has 2 heterocycles. The van der Waals surface area contributed by atoms with E-state index in [0.717, 1.165) is 17.1 Å². The molecule has 0 aliphatic carbocycles. The van der Waals surface area contributed by atoms with Crippen LogP contribution in [0.25, 0.3) is 5.69 Å². The fourth-order valence-corrected chi connectivity index (χ4v) is 1.23. The van der Waals surface area contributed by atoms with Gasteiger partial charge in [0.2, 0.25) is 0 Å². The number of hydrogen-bond donors (Lipinski definition) is 0. The van der Waals surface area contributed by atoms with Crippen molar-refractivity contribution in [3.63, 3.8) is 0 Å². The molecule has 2 aromatic heterocycles. The summed E-state index contributed by atoms with van der Waals surface area (Å²) in [5, 5.41) is 12.2. The molecule has 2 rings (SSSR count). The molecular weight excluding hydrogens is 233 g/mol. The van der Waals surface area contributed by atoms with Crippen LogP contribution in [0.2, 0.25) is 0 Å². The normalized spacial score (nSPS) is 11.2. The largest absolute Gasteiger partial charge is 0.419 e. The Bertz CT molecular complexity index is 580. The number of nitrogens with zero attached hydrogens (tertiary/aromatic N) is 4. The lowest BCUT2D eigenvalue weighted by atomic mass is 10.3. The van der Waals surface area contributed by atoms with E-state index in [1.165, 1.54) is 18.3 Å². The molecule has 0 N–H and O–H groups in total. The molecule has 86 valence electrons. The van der Waals surface area contributed by atoms with Gasteiger partial charge in [0, 0.05) is 18.5 Å². The maximum atomic E-state index is 12.3. The van der Waals surface area contributed by atoms with Crippen molar-refractivity contribution in [3.8, 4) is 11.8 Å². The Balaban J connectivity index is 2.41. The standard InChI is InChI=1S/C10H5F3N4/c11-10(12,13)7-5-16-17(6-7)9-1-2-15-8(3-9)4-14/h1-3,5-6H. The van der Waals surface area contributed by atoms with Gasteiger partial charge < -0.3 is 0 Å². The molecule has 0 aliphatic rings. The van der Waals surface area contributed by atoms with E-state index in [1.807, 2.05) is 0 Å². The number of pyridine rings is 1. The van der Waals surface area contributed by atoms with Crippen LogP contribution in [-0.4, -0.2) is 14.8 Å². The fraction of sp³-hybridized carbons (Fsp3) is 0.100. The molecule has 0 amide bonds. The van der Waals surface area contributed by atoms with Crippen molar-refractivity contribution < 1.29 is 13.2 Å². The molecule has 2 aromatic rings. The van der Waals surface area contributed by atoms with Crippen LogP contribution in [0.1, 0.15) is 11.3 Å². The highest BCUT2D eigenvalue weighted by Crippen LogP contribution is 2.29. The van der Waals surface area contributed by atoms with E-state index in [4.69, 9.17) is 5.26 Å². The second kappa shape index (κ2) is 3.90. The summed E-state index contributed by atoms with van der Waals surface area (Å²) in [5.74, 6) is 0. The SMILES string of the molecule is N#Cc1cc(-n2cc(C(F)(F)F)cn2)ccn1. The van der Waals surface area contributed by atoms with E-state index in [9.17, 15) is 13.2 Å². The lowest BCUT2D eigenvalue weighted by Gasteiger charge is -2.02. The minimum Gasteiger partial charge on any atom is -0.245 e. The van der Waals surface area contributed by atoms with Crippen LogP contribution in [0.3, 0.4) is 0 Å². The van der Waals surface area contributed by atoms with Crippen LogP contribution in [0.4, 0.5) is 13.2 Å². The van der Waals surface area contributed by atoms with E-state index < -0.39 is 11.7 Å². The van der Waals surface area contributed by atoms with Crippen LogP contribution in [0.5, 0.6) is 0 Å². The Morgan fingerprint density at radius 3 is 2.71 bits per heavy atom. The first kappa shape index (κ1) is 11.1. The fourth-order valence-electron chi connectivity index (χ4n) is 1.23. The van der Waals surface area contributed by atoms with Gasteiger partial charge in [-0.05, 0) is 6.07 Å². The van der Waals surface area contributed by atoms with Crippen molar-refractivity contribution in [1.29, 1.82) is 5.26 Å². The molecule has 7 heteroatoms.